The molecule has 0 amide bonds. The lowest BCUT2D eigenvalue weighted by atomic mass is 10.3. The highest BCUT2D eigenvalue weighted by molar-refractivity contribution is 7.14. The molecule has 0 atom stereocenters. The predicted octanol–water partition coefficient (Wildman–Crippen LogP) is 1.35. The molecule has 0 bridgehead atoms. The molecule has 1 aromatic heterocycles. The van der Waals surface area contributed by atoms with E-state index in [1.54, 1.807) is 5.38 Å². The quantitative estimate of drug-likeness (QED) is 0.424. The molecule has 64 valence electrons. The SMILES string of the molecule is CON=C(C=O)c1csc(Cl)n1. The molecule has 4 nitrogen and oxygen atoms in total. The molecule has 1 heterocycles. The van der Waals surface area contributed by atoms with Gasteiger partial charge in [0.1, 0.15) is 12.8 Å². The van der Waals surface area contributed by atoms with Crippen LogP contribution < -0.4 is 0 Å². The maximum atomic E-state index is 10.4. The van der Waals surface area contributed by atoms with E-state index in [-0.39, 0.29) is 5.71 Å². The van der Waals surface area contributed by atoms with Gasteiger partial charge < -0.3 is 4.84 Å². The summed E-state index contributed by atoms with van der Waals surface area (Å²) in [5, 5.41) is 5.09. The third-order valence-electron chi connectivity index (χ3n) is 1.04. The number of oxime groups is 1. The van der Waals surface area contributed by atoms with Crippen molar-refractivity contribution in [2.75, 3.05) is 7.11 Å². The van der Waals surface area contributed by atoms with Gasteiger partial charge in [-0.25, -0.2) is 4.98 Å². The van der Waals surface area contributed by atoms with Crippen LogP contribution in [0.4, 0.5) is 0 Å². The average molecular weight is 205 g/mol. The molecule has 0 aromatic carbocycles. The molecule has 12 heavy (non-hydrogen) atoms. The summed E-state index contributed by atoms with van der Waals surface area (Å²) in [6.07, 6.45) is 0.564. The van der Waals surface area contributed by atoms with E-state index in [4.69, 9.17) is 11.6 Å². The second kappa shape index (κ2) is 4.18. The number of hydrogen-bond acceptors (Lipinski definition) is 5. The minimum absolute atomic E-state index is 0.139. The molecule has 0 aliphatic carbocycles. The van der Waals surface area contributed by atoms with Gasteiger partial charge >= 0.3 is 0 Å². The van der Waals surface area contributed by atoms with Crippen molar-refractivity contribution < 1.29 is 9.63 Å². The summed E-state index contributed by atoms with van der Waals surface area (Å²) in [5.41, 5.74) is 0.572. The number of hydrogen-bond donors (Lipinski definition) is 0. The highest BCUT2D eigenvalue weighted by Crippen LogP contribution is 2.15. The number of carbonyl (C=O) groups excluding carboxylic acids is 1. The molecule has 0 saturated carbocycles. The number of aldehydes is 1. The Labute approximate surface area is 77.8 Å². The van der Waals surface area contributed by atoms with Crippen molar-refractivity contribution in [2.24, 2.45) is 5.16 Å². The second-order valence-electron chi connectivity index (χ2n) is 1.76. The maximum Gasteiger partial charge on any atom is 0.184 e. The van der Waals surface area contributed by atoms with Gasteiger partial charge in [-0.3, -0.25) is 4.79 Å². The highest BCUT2D eigenvalue weighted by Gasteiger charge is 2.06. The summed E-state index contributed by atoms with van der Waals surface area (Å²) in [4.78, 5) is 18.7. The first-order valence-corrected chi connectivity index (χ1v) is 4.21. The maximum absolute atomic E-state index is 10.4. The van der Waals surface area contributed by atoms with Gasteiger partial charge in [0.15, 0.2) is 16.5 Å². The Balaban J connectivity index is 2.94. The van der Waals surface area contributed by atoms with E-state index in [1.165, 1.54) is 18.4 Å². The topological polar surface area (TPSA) is 51.5 Å². The number of thiazole rings is 1. The average Bonchev–Trinajstić information content (AvgIpc) is 2.47. The molecule has 1 rings (SSSR count). The van der Waals surface area contributed by atoms with Crippen molar-refractivity contribution in [2.45, 2.75) is 0 Å². The summed E-state index contributed by atoms with van der Waals surface area (Å²) in [6.45, 7) is 0. The fraction of sp³-hybridized carbons (Fsp3) is 0.167. The smallest absolute Gasteiger partial charge is 0.184 e. The predicted molar refractivity (Wildman–Crippen MR) is 46.7 cm³/mol. The lowest BCUT2D eigenvalue weighted by Crippen LogP contribution is -2.02. The first kappa shape index (κ1) is 9.15. The Bertz CT molecular complexity index is 310. The summed E-state index contributed by atoms with van der Waals surface area (Å²) in [7, 11) is 1.36. The minimum Gasteiger partial charge on any atom is -0.398 e. The number of halogens is 1. The Morgan fingerprint density at radius 3 is 3.08 bits per heavy atom. The minimum atomic E-state index is 0.139. The van der Waals surface area contributed by atoms with E-state index in [2.05, 4.69) is 15.0 Å². The summed E-state index contributed by atoms with van der Waals surface area (Å²) < 4.78 is 0.371. The summed E-state index contributed by atoms with van der Waals surface area (Å²) in [5.74, 6) is 0. The first-order valence-electron chi connectivity index (χ1n) is 2.95. The van der Waals surface area contributed by atoms with E-state index >= 15 is 0 Å². The molecule has 6 heteroatoms. The van der Waals surface area contributed by atoms with Gasteiger partial charge in [0.05, 0.1) is 0 Å². The van der Waals surface area contributed by atoms with Gasteiger partial charge in [-0.1, -0.05) is 16.8 Å². The van der Waals surface area contributed by atoms with Crippen LogP contribution in [0.3, 0.4) is 0 Å². The molecule has 0 aliphatic heterocycles. The van der Waals surface area contributed by atoms with Gasteiger partial charge in [-0.2, -0.15) is 0 Å². The van der Waals surface area contributed by atoms with Crippen LogP contribution in [-0.4, -0.2) is 24.1 Å². The summed E-state index contributed by atoms with van der Waals surface area (Å²) >= 11 is 6.79. The lowest BCUT2D eigenvalue weighted by Gasteiger charge is -1.90. The van der Waals surface area contributed by atoms with Crippen LogP contribution in [0.2, 0.25) is 4.47 Å². The van der Waals surface area contributed by atoms with Crippen LogP contribution in [0.15, 0.2) is 10.5 Å². The molecule has 0 N–H and O–H groups in total. The molecule has 1 aromatic rings. The monoisotopic (exact) mass is 204 g/mol. The van der Waals surface area contributed by atoms with Crippen LogP contribution in [0.25, 0.3) is 0 Å². The van der Waals surface area contributed by atoms with E-state index in [0.717, 1.165) is 0 Å². The Morgan fingerprint density at radius 2 is 2.67 bits per heavy atom. The van der Waals surface area contributed by atoms with E-state index < -0.39 is 0 Å². The van der Waals surface area contributed by atoms with Crippen LogP contribution in [0.5, 0.6) is 0 Å². The zero-order valence-corrected chi connectivity index (χ0v) is 7.72. The first-order chi connectivity index (χ1) is 5.77. The molecule has 0 fully saturated rings. The highest BCUT2D eigenvalue weighted by atomic mass is 35.5. The molecule has 0 aliphatic rings. The van der Waals surface area contributed by atoms with Crippen molar-refractivity contribution in [3.8, 4) is 0 Å². The van der Waals surface area contributed by atoms with Crippen molar-refractivity contribution >= 4 is 34.9 Å². The van der Waals surface area contributed by atoms with Gasteiger partial charge in [-0.05, 0) is 0 Å². The van der Waals surface area contributed by atoms with Crippen LogP contribution in [0, 0.1) is 0 Å². The van der Waals surface area contributed by atoms with Crippen LogP contribution in [-0.2, 0) is 9.63 Å². The third-order valence-corrected chi connectivity index (χ3v) is 2.02. The Kier molecular flexibility index (Phi) is 3.19. The van der Waals surface area contributed by atoms with Gasteiger partial charge in [0.2, 0.25) is 0 Å². The molecule has 0 unspecified atom stereocenters. The molecular formula is C6H5ClN2O2S. The summed E-state index contributed by atoms with van der Waals surface area (Å²) in [6, 6.07) is 0. The standard InChI is InChI=1S/C6H5ClN2O2S/c1-11-9-4(2-10)5-3-12-6(7)8-5/h2-3H,1H3. The number of rotatable bonds is 3. The zero-order chi connectivity index (χ0) is 8.97. The van der Waals surface area contributed by atoms with Crippen molar-refractivity contribution in [1.82, 2.24) is 4.98 Å². The van der Waals surface area contributed by atoms with Crippen LogP contribution >= 0.6 is 22.9 Å². The number of aromatic nitrogens is 1. The molecule has 0 spiro atoms. The lowest BCUT2D eigenvalue weighted by molar-refractivity contribution is -0.102. The Hall–Kier alpha value is -0.940. The molecule has 0 saturated heterocycles. The normalized spacial score (nSPS) is 11.3. The van der Waals surface area contributed by atoms with Gasteiger partial charge in [-0.15, -0.1) is 11.3 Å². The number of nitrogens with zero attached hydrogens (tertiary/aromatic N) is 2. The second-order valence-corrected chi connectivity index (χ2v) is 3.20. The molecule has 0 radical (unpaired) electrons. The van der Waals surface area contributed by atoms with Gasteiger partial charge in [0.25, 0.3) is 0 Å². The van der Waals surface area contributed by atoms with Crippen molar-refractivity contribution in [3.63, 3.8) is 0 Å². The van der Waals surface area contributed by atoms with E-state index in [9.17, 15) is 4.79 Å². The van der Waals surface area contributed by atoms with Crippen LogP contribution in [0.1, 0.15) is 5.69 Å². The molecular weight excluding hydrogens is 200 g/mol. The zero-order valence-electron chi connectivity index (χ0n) is 6.15. The fourth-order valence-electron chi connectivity index (χ4n) is 0.596. The van der Waals surface area contributed by atoms with E-state index in [1.807, 2.05) is 0 Å². The van der Waals surface area contributed by atoms with E-state index in [0.29, 0.717) is 16.4 Å². The fourth-order valence-corrected chi connectivity index (χ4v) is 1.35. The Morgan fingerprint density at radius 1 is 1.92 bits per heavy atom. The third kappa shape index (κ3) is 2.02. The van der Waals surface area contributed by atoms with Gasteiger partial charge in [0, 0.05) is 5.38 Å². The largest absolute Gasteiger partial charge is 0.398 e. The number of carbonyl (C=O) groups is 1. The van der Waals surface area contributed by atoms with Crippen molar-refractivity contribution in [3.05, 3.63) is 15.5 Å². The van der Waals surface area contributed by atoms with Crippen molar-refractivity contribution in [1.29, 1.82) is 0 Å².